The number of fused-ring (bicyclic) bond motifs is 1. The first-order valence-corrected chi connectivity index (χ1v) is 7.09. The van der Waals surface area contributed by atoms with Gasteiger partial charge in [0.05, 0.1) is 17.3 Å². The lowest BCUT2D eigenvalue weighted by molar-refractivity contribution is 0.259. The number of carbonyl (C=O) groups is 1. The number of thiazole rings is 1. The Labute approximate surface area is 125 Å². The van der Waals surface area contributed by atoms with Crippen LogP contribution in [-0.2, 0) is 0 Å². The zero-order valence-electron chi connectivity index (χ0n) is 11.3. The Morgan fingerprint density at radius 2 is 2.10 bits per heavy atom. The van der Waals surface area contributed by atoms with E-state index in [0.29, 0.717) is 5.13 Å². The number of nitrogens with zero attached hydrogens (tertiary/aromatic N) is 1. The van der Waals surface area contributed by atoms with E-state index in [0.717, 1.165) is 27.1 Å². The molecule has 0 aliphatic carbocycles. The minimum absolute atomic E-state index is 0.495. The molecule has 0 aliphatic heterocycles. The number of anilines is 1. The number of amides is 2. The minimum Gasteiger partial charge on any atom is -0.496 e. The molecule has 1 aromatic heterocycles. The Bertz CT molecular complexity index is 814. The highest BCUT2D eigenvalue weighted by atomic mass is 32.1. The van der Waals surface area contributed by atoms with Crippen molar-refractivity contribution >= 4 is 32.7 Å². The summed E-state index contributed by atoms with van der Waals surface area (Å²) in [6.07, 6.45) is 0. The van der Waals surface area contributed by atoms with Crippen molar-refractivity contribution in [2.45, 2.75) is 0 Å². The molecular weight excluding hydrogens is 286 g/mol. The van der Waals surface area contributed by atoms with Gasteiger partial charge in [-0.3, -0.25) is 5.32 Å². The molecule has 0 unspecified atom stereocenters. The zero-order chi connectivity index (χ0) is 14.8. The van der Waals surface area contributed by atoms with E-state index in [2.05, 4.69) is 10.3 Å². The highest BCUT2D eigenvalue weighted by molar-refractivity contribution is 7.22. The van der Waals surface area contributed by atoms with Crippen LogP contribution in [0, 0.1) is 0 Å². The van der Waals surface area contributed by atoms with Gasteiger partial charge in [0, 0.05) is 5.56 Å². The summed E-state index contributed by atoms with van der Waals surface area (Å²) in [6, 6.07) is 13.1. The second-order valence-electron chi connectivity index (χ2n) is 4.39. The lowest BCUT2D eigenvalue weighted by Gasteiger charge is -2.07. The molecule has 3 N–H and O–H groups in total. The molecule has 0 saturated carbocycles. The van der Waals surface area contributed by atoms with Crippen LogP contribution in [0.5, 0.6) is 5.75 Å². The molecule has 5 nitrogen and oxygen atoms in total. The molecule has 0 saturated heterocycles. The number of primary amides is 1. The van der Waals surface area contributed by atoms with Crippen LogP contribution in [0.25, 0.3) is 21.3 Å². The molecule has 2 aromatic carbocycles. The van der Waals surface area contributed by atoms with Crippen LogP contribution in [0.2, 0.25) is 0 Å². The first-order valence-electron chi connectivity index (χ1n) is 6.28. The smallest absolute Gasteiger partial charge is 0.318 e. The van der Waals surface area contributed by atoms with Crippen LogP contribution in [0.3, 0.4) is 0 Å². The number of methoxy groups -OCH3 is 1. The van der Waals surface area contributed by atoms with Crippen LogP contribution in [0.15, 0.2) is 42.5 Å². The van der Waals surface area contributed by atoms with Gasteiger partial charge >= 0.3 is 6.03 Å². The fourth-order valence-electron chi connectivity index (χ4n) is 2.13. The molecule has 0 radical (unpaired) electrons. The number of carbonyl (C=O) groups excluding carboxylic acids is 1. The Morgan fingerprint density at radius 3 is 2.86 bits per heavy atom. The van der Waals surface area contributed by atoms with Gasteiger partial charge in [0.2, 0.25) is 0 Å². The number of hydrogen-bond donors (Lipinski definition) is 2. The number of rotatable bonds is 3. The third kappa shape index (κ3) is 2.66. The van der Waals surface area contributed by atoms with E-state index < -0.39 is 6.03 Å². The Balaban J connectivity index is 2.06. The number of benzene rings is 2. The fourth-order valence-corrected chi connectivity index (χ4v) is 3.04. The molecule has 0 atom stereocenters. The normalized spacial score (nSPS) is 10.5. The van der Waals surface area contributed by atoms with Gasteiger partial charge in [-0.25, -0.2) is 9.78 Å². The van der Waals surface area contributed by atoms with Gasteiger partial charge in [-0.1, -0.05) is 35.6 Å². The minimum atomic E-state index is -0.612. The number of aromatic nitrogens is 1. The van der Waals surface area contributed by atoms with E-state index in [9.17, 15) is 4.79 Å². The predicted molar refractivity (Wildman–Crippen MR) is 84.8 cm³/mol. The average Bonchev–Trinajstić information content (AvgIpc) is 2.87. The van der Waals surface area contributed by atoms with E-state index in [-0.39, 0.29) is 0 Å². The van der Waals surface area contributed by atoms with Crippen LogP contribution in [0.1, 0.15) is 0 Å². The summed E-state index contributed by atoms with van der Waals surface area (Å²) in [5.41, 5.74) is 7.98. The van der Waals surface area contributed by atoms with Gasteiger partial charge in [0.15, 0.2) is 5.13 Å². The summed E-state index contributed by atoms with van der Waals surface area (Å²) < 4.78 is 6.36. The van der Waals surface area contributed by atoms with Gasteiger partial charge in [-0.05, 0) is 23.8 Å². The molecule has 0 aliphatic rings. The molecule has 2 amide bonds. The Kier molecular flexibility index (Phi) is 3.45. The number of para-hydroxylation sites is 1. The van der Waals surface area contributed by atoms with Crippen molar-refractivity contribution in [1.82, 2.24) is 4.98 Å². The fraction of sp³-hybridized carbons (Fsp3) is 0.0667. The molecular formula is C15H13N3O2S. The monoisotopic (exact) mass is 299 g/mol. The highest BCUT2D eigenvalue weighted by Gasteiger charge is 2.09. The van der Waals surface area contributed by atoms with Crippen molar-refractivity contribution in [3.8, 4) is 16.9 Å². The third-order valence-corrected chi connectivity index (χ3v) is 3.97. The number of urea groups is 1. The summed E-state index contributed by atoms with van der Waals surface area (Å²) in [5, 5.41) is 2.99. The van der Waals surface area contributed by atoms with E-state index in [4.69, 9.17) is 10.5 Å². The molecule has 0 bridgehead atoms. The van der Waals surface area contributed by atoms with Crippen molar-refractivity contribution < 1.29 is 9.53 Å². The van der Waals surface area contributed by atoms with Crippen molar-refractivity contribution in [1.29, 1.82) is 0 Å². The van der Waals surface area contributed by atoms with Crippen LogP contribution < -0.4 is 15.8 Å². The number of nitrogens with one attached hydrogen (secondary N) is 1. The molecule has 3 rings (SSSR count). The summed E-state index contributed by atoms with van der Waals surface area (Å²) in [7, 11) is 1.65. The van der Waals surface area contributed by atoms with Gasteiger partial charge in [0.25, 0.3) is 0 Å². The Morgan fingerprint density at radius 1 is 1.29 bits per heavy atom. The highest BCUT2D eigenvalue weighted by Crippen LogP contribution is 2.34. The second kappa shape index (κ2) is 5.41. The number of ether oxygens (including phenoxy) is 1. The summed E-state index contributed by atoms with van der Waals surface area (Å²) in [5.74, 6) is 0.817. The first-order chi connectivity index (χ1) is 10.2. The third-order valence-electron chi connectivity index (χ3n) is 3.04. The summed E-state index contributed by atoms with van der Waals surface area (Å²) >= 11 is 1.38. The summed E-state index contributed by atoms with van der Waals surface area (Å²) in [4.78, 5) is 15.2. The maximum absolute atomic E-state index is 10.9. The summed E-state index contributed by atoms with van der Waals surface area (Å²) in [6.45, 7) is 0. The maximum atomic E-state index is 10.9. The standard InChI is InChI=1S/C15H13N3O2S/c1-20-12-5-3-2-4-10(12)9-6-7-11-13(8-9)21-15(17-11)18-14(16)19/h2-8H,1H3,(H3,16,17,18,19). The van der Waals surface area contributed by atoms with Gasteiger partial charge in [0.1, 0.15) is 5.75 Å². The molecule has 1 heterocycles. The molecule has 0 spiro atoms. The predicted octanol–water partition coefficient (Wildman–Crippen LogP) is 3.46. The van der Waals surface area contributed by atoms with Crippen LogP contribution in [0.4, 0.5) is 9.93 Å². The Hall–Kier alpha value is -2.60. The average molecular weight is 299 g/mol. The lowest BCUT2D eigenvalue weighted by atomic mass is 10.0. The first kappa shape index (κ1) is 13.4. The van der Waals surface area contributed by atoms with Crippen molar-refractivity contribution in [3.05, 3.63) is 42.5 Å². The molecule has 6 heteroatoms. The molecule has 3 aromatic rings. The van der Waals surface area contributed by atoms with E-state index in [1.165, 1.54) is 11.3 Å². The van der Waals surface area contributed by atoms with Crippen molar-refractivity contribution in [2.24, 2.45) is 5.73 Å². The van der Waals surface area contributed by atoms with Crippen LogP contribution in [-0.4, -0.2) is 18.1 Å². The zero-order valence-corrected chi connectivity index (χ0v) is 12.1. The number of hydrogen-bond acceptors (Lipinski definition) is 4. The van der Waals surface area contributed by atoms with Crippen molar-refractivity contribution in [3.63, 3.8) is 0 Å². The van der Waals surface area contributed by atoms with Gasteiger partial charge < -0.3 is 10.5 Å². The quantitative estimate of drug-likeness (QED) is 0.777. The SMILES string of the molecule is COc1ccccc1-c1ccc2nc(NC(N)=O)sc2c1. The van der Waals surface area contributed by atoms with Crippen LogP contribution >= 0.6 is 11.3 Å². The van der Waals surface area contributed by atoms with Crippen molar-refractivity contribution in [2.75, 3.05) is 12.4 Å². The van der Waals surface area contributed by atoms with E-state index in [1.54, 1.807) is 7.11 Å². The second-order valence-corrected chi connectivity index (χ2v) is 5.42. The van der Waals surface area contributed by atoms with Gasteiger partial charge in [-0.15, -0.1) is 0 Å². The molecule has 106 valence electrons. The van der Waals surface area contributed by atoms with E-state index >= 15 is 0 Å². The largest absolute Gasteiger partial charge is 0.496 e. The number of nitrogens with two attached hydrogens (primary N) is 1. The topological polar surface area (TPSA) is 77.2 Å². The molecule has 0 fully saturated rings. The maximum Gasteiger partial charge on any atom is 0.318 e. The lowest BCUT2D eigenvalue weighted by Crippen LogP contribution is -2.18. The van der Waals surface area contributed by atoms with Gasteiger partial charge in [-0.2, -0.15) is 0 Å². The molecule has 21 heavy (non-hydrogen) atoms. The van der Waals surface area contributed by atoms with E-state index in [1.807, 2.05) is 42.5 Å².